The first-order valence-electron chi connectivity index (χ1n) is 4.98. The van der Waals surface area contributed by atoms with Gasteiger partial charge in [-0.3, -0.25) is 0 Å². The molecule has 0 unspecified atom stereocenters. The molecule has 0 aliphatic heterocycles. The van der Waals surface area contributed by atoms with E-state index in [0.29, 0.717) is 18.4 Å². The predicted octanol–water partition coefficient (Wildman–Crippen LogP) is 0.572. The number of hydrogen-bond acceptors (Lipinski definition) is 5. The number of aromatic hydroxyl groups is 3. The van der Waals surface area contributed by atoms with Crippen LogP contribution in [0.25, 0.3) is 0 Å². The highest BCUT2D eigenvalue weighted by Crippen LogP contribution is 2.32. The number of rotatable bonds is 5. The minimum absolute atomic E-state index is 0.365. The van der Waals surface area contributed by atoms with E-state index in [0.717, 1.165) is 0 Å². The van der Waals surface area contributed by atoms with Crippen LogP contribution in [-0.2, 0) is 8.85 Å². The van der Waals surface area contributed by atoms with Gasteiger partial charge in [-0.2, -0.15) is 0 Å². The summed E-state index contributed by atoms with van der Waals surface area (Å²) in [6.45, 7) is 4.55. The van der Waals surface area contributed by atoms with E-state index >= 15 is 0 Å². The van der Waals surface area contributed by atoms with E-state index in [9.17, 15) is 15.3 Å². The lowest BCUT2D eigenvalue weighted by atomic mass is 10.3. The molecule has 16 heavy (non-hydrogen) atoms. The Labute approximate surface area is 95.7 Å². The molecule has 0 aromatic heterocycles. The first-order valence-corrected chi connectivity index (χ1v) is 6.30. The first-order chi connectivity index (χ1) is 7.61. The number of phenolic OH excluding ortho intramolecular Hbond substituents is 3. The Bertz CT molecular complexity index is 349. The molecule has 0 fully saturated rings. The van der Waals surface area contributed by atoms with Crippen molar-refractivity contribution in [3.63, 3.8) is 0 Å². The topological polar surface area (TPSA) is 79.2 Å². The normalized spacial score (nSPS) is 10.9. The van der Waals surface area contributed by atoms with Gasteiger partial charge in [0.2, 0.25) is 0 Å². The van der Waals surface area contributed by atoms with Crippen LogP contribution in [0.2, 0.25) is 0 Å². The lowest BCUT2D eigenvalue weighted by Crippen LogP contribution is -2.37. The SMILES string of the molecule is CCO[Si](OCC)c1ccc(O)c(O)c1O. The van der Waals surface area contributed by atoms with Crippen LogP contribution in [-0.4, -0.2) is 37.8 Å². The molecule has 0 saturated carbocycles. The molecule has 1 radical (unpaired) electrons. The average Bonchev–Trinajstić information content (AvgIpc) is 2.26. The van der Waals surface area contributed by atoms with E-state index in [2.05, 4.69) is 0 Å². The second kappa shape index (κ2) is 5.74. The molecular formula is C10H15O5Si. The first kappa shape index (κ1) is 12.8. The molecule has 1 rings (SSSR count). The zero-order chi connectivity index (χ0) is 12.1. The van der Waals surface area contributed by atoms with Crippen LogP contribution in [0.5, 0.6) is 17.2 Å². The van der Waals surface area contributed by atoms with E-state index in [4.69, 9.17) is 8.85 Å². The molecule has 0 saturated heterocycles. The van der Waals surface area contributed by atoms with Crippen molar-refractivity contribution < 1.29 is 24.2 Å². The van der Waals surface area contributed by atoms with Gasteiger partial charge in [-0.25, -0.2) is 0 Å². The second-order valence-corrected chi connectivity index (χ2v) is 4.67. The fraction of sp³-hybridized carbons (Fsp3) is 0.400. The van der Waals surface area contributed by atoms with Crippen molar-refractivity contribution in [3.05, 3.63) is 12.1 Å². The zero-order valence-electron chi connectivity index (χ0n) is 9.23. The lowest BCUT2D eigenvalue weighted by molar-refractivity contribution is 0.224. The van der Waals surface area contributed by atoms with Gasteiger partial charge < -0.3 is 24.2 Å². The fourth-order valence-electron chi connectivity index (χ4n) is 1.19. The van der Waals surface area contributed by atoms with Crippen LogP contribution in [0.3, 0.4) is 0 Å². The smallest absolute Gasteiger partial charge is 0.427 e. The number of phenols is 3. The molecular weight excluding hydrogens is 228 g/mol. The number of benzene rings is 1. The van der Waals surface area contributed by atoms with Gasteiger partial charge >= 0.3 is 9.28 Å². The molecule has 89 valence electrons. The van der Waals surface area contributed by atoms with E-state index in [1.807, 2.05) is 13.8 Å². The quantitative estimate of drug-likeness (QED) is 0.520. The van der Waals surface area contributed by atoms with Crippen molar-refractivity contribution in [1.29, 1.82) is 0 Å². The number of hydrogen-bond donors (Lipinski definition) is 3. The van der Waals surface area contributed by atoms with Crippen LogP contribution in [0, 0.1) is 0 Å². The molecule has 0 aliphatic carbocycles. The summed E-state index contributed by atoms with van der Waals surface area (Å²) in [6.07, 6.45) is 0. The molecule has 6 heteroatoms. The minimum atomic E-state index is -1.81. The van der Waals surface area contributed by atoms with Crippen LogP contribution in [0.15, 0.2) is 12.1 Å². The van der Waals surface area contributed by atoms with E-state index in [-0.39, 0.29) is 11.5 Å². The summed E-state index contributed by atoms with van der Waals surface area (Å²) < 4.78 is 10.7. The summed E-state index contributed by atoms with van der Waals surface area (Å²) >= 11 is 0. The third-order valence-electron chi connectivity index (χ3n) is 1.90. The lowest BCUT2D eigenvalue weighted by Gasteiger charge is -2.15. The van der Waals surface area contributed by atoms with Gasteiger partial charge in [0.25, 0.3) is 0 Å². The maximum Gasteiger partial charge on any atom is 0.427 e. The third kappa shape index (κ3) is 2.66. The van der Waals surface area contributed by atoms with E-state index < -0.39 is 15.0 Å². The van der Waals surface area contributed by atoms with Crippen molar-refractivity contribution in [3.8, 4) is 17.2 Å². The predicted molar refractivity (Wildman–Crippen MR) is 60.1 cm³/mol. The molecule has 0 atom stereocenters. The molecule has 1 aromatic carbocycles. The second-order valence-electron chi connectivity index (χ2n) is 2.98. The highest BCUT2D eigenvalue weighted by molar-refractivity contribution is 6.62. The van der Waals surface area contributed by atoms with Gasteiger partial charge in [-0.1, -0.05) is 6.07 Å². The highest BCUT2D eigenvalue weighted by atomic mass is 28.3. The molecule has 3 N–H and O–H groups in total. The third-order valence-corrected chi connectivity index (χ3v) is 3.85. The Morgan fingerprint density at radius 2 is 1.56 bits per heavy atom. The molecule has 0 heterocycles. The van der Waals surface area contributed by atoms with Crippen molar-refractivity contribution in [2.24, 2.45) is 0 Å². The van der Waals surface area contributed by atoms with Crippen LogP contribution in [0.4, 0.5) is 0 Å². The Kier molecular flexibility index (Phi) is 4.60. The largest absolute Gasteiger partial charge is 0.504 e. The van der Waals surface area contributed by atoms with Crippen molar-refractivity contribution in [2.45, 2.75) is 13.8 Å². The van der Waals surface area contributed by atoms with Crippen molar-refractivity contribution in [2.75, 3.05) is 13.2 Å². The van der Waals surface area contributed by atoms with Crippen molar-refractivity contribution in [1.82, 2.24) is 0 Å². The fourth-order valence-corrected chi connectivity index (χ4v) is 2.64. The van der Waals surface area contributed by atoms with Gasteiger partial charge in [0.05, 0.1) is 0 Å². The standard InChI is InChI=1S/C10H15O5Si/c1-3-14-16(15-4-2)8-6-5-7(11)9(12)10(8)13/h5-6,11-13H,3-4H2,1-2H3. The highest BCUT2D eigenvalue weighted by Gasteiger charge is 2.25. The average molecular weight is 243 g/mol. The minimum Gasteiger partial charge on any atom is -0.504 e. The van der Waals surface area contributed by atoms with Gasteiger partial charge in [-0.15, -0.1) is 0 Å². The molecule has 1 aromatic rings. The monoisotopic (exact) mass is 243 g/mol. The van der Waals surface area contributed by atoms with Crippen LogP contribution < -0.4 is 5.19 Å². The van der Waals surface area contributed by atoms with E-state index in [1.54, 1.807) is 0 Å². The summed E-state index contributed by atoms with van der Waals surface area (Å²) in [5.74, 6) is -1.29. The summed E-state index contributed by atoms with van der Waals surface area (Å²) in [5, 5.41) is 28.6. The van der Waals surface area contributed by atoms with Crippen LogP contribution in [0.1, 0.15) is 13.8 Å². The molecule has 5 nitrogen and oxygen atoms in total. The van der Waals surface area contributed by atoms with Gasteiger partial charge in [0.15, 0.2) is 17.2 Å². The molecule has 0 amide bonds. The van der Waals surface area contributed by atoms with Crippen LogP contribution >= 0.6 is 0 Å². The molecule has 0 aliphatic rings. The summed E-state index contributed by atoms with van der Waals surface area (Å²) in [5.41, 5.74) is 0. The molecule has 0 bridgehead atoms. The Hall–Kier alpha value is -1.24. The van der Waals surface area contributed by atoms with Gasteiger partial charge in [-0.05, 0) is 19.9 Å². The summed E-state index contributed by atoms with van der Waals surface area (Å²) in [4.78, 5) is 0. The Morgan fingerprint density at radius 3 is 2.06 bits per heavy atom. The maximum absolute atomic E-state index is 9.66. The summed E-state index contributed by atoms with van der Waals surface area (Å²) in [6, 6.07) is 2.79. The van der Waals surface area contributed by atoms with Crippen molar-refractivity contribution >= 4 is 14.5 Å². The van der Waals surface area contributed by atoms with Gasteiger partial charge in [0, 0.05) is 18.4 Å². The Morgan fingerprint density at radius 1 is 1.00 bits per heavy atom. The maximum atomic E-state index is 9.66. The molecule has 0 spiro atoms. The van der Waals surface area contributed by atoms with E-state index in [1.165, 1.54) is 12.1 Å². The Balaban J connectivity index is 3.04. The summed E-state index contributed by atoms with van der Waals surface area (Å²) in [7, 11) is -1.81. The van der Waals surface area contributed by atoms with Gasteiger partial charge in [0.1, 0.15) is 0 Å². The zero-order valence-corrected chi connectivity index (χ0v) is 10.2.